The molecule has 6 heteroatoms. The highest BCUT2D eigenvalue weighted by molar-refractivity contribution is 7.89. The van der Waals surface area contributed by atoms with E-state index < -0.39 is 10.0 Å². The van der Waals surface area contributed by atoms with Crippen LogP contribution in [0.25, 0.3) is 0 Å². The second-order valence-electron chi connectivity index (χ2n) is 6.64. The fraction of sp³-hybridized carbons (Fsp3) is 0.611. The van der Waals surface area contributed by atoms with E-state index >= 15 is 0 Å². The highest BCUT2D eigenvalue weighted by atomic mass is 32.2. The lowest BCUT2D eigenvalue weighted by Gasteiger charge is -2.30. The molecule has 24 heavy (non-hydrogen) atoms. The van der Waals surface area contributed by atoms with Crippen LogP contribution in [0.5, 0.6) is 0 Å². The molecular weight excluding hydrogens is 324 g/mol. The second kappa shape index (κ2) is 8.62. The van der Waals surface area contributed by atoms with Crippen LogP contribution in [0.4, 0.5) is 5.69 Å². The number of carbonyl (C=O) groups excluding carboxylic acids is 1. The molecule has 0 bridgehead atoms. The van der Waals surface area contributed by atoms with E-state index in [1.165, 1.54) is 0 Å². The summed E-state index contributed by atoms with van der Waals surface area (Å²) in [6.45, 7) is 5.35. The van der Waals surface area contributed by atoms with Gasteiger partial charge in [0.2, 0.25) is 15.9 Å². The molecule has 1 aromatic carbocycles. The Morgan fingerprint density at radius 2 is 1.96 bits per heavy atom. The van der Waals surface area contributed by atoms with Crippen LogP contribution in [0.15, 0.2) is 29.2 Å². The Labute approximate surface area is 145 Å². The monoisotopic (exact) mass is 352 g/mol. The number of nitrogens with zero attached hydrogens (tertiary/aromatic N) is 1. The largest absolute Gasteiger partial charge is 0.326 e. The number of carbonyl (C=O) groups is 1. The van der Waals surface area contributed by atoms with Gasteiger partial charge in [-0.25, -0.2) is 8.42 Å². The van der Waals surface area contributed by atoms with Crippen molar-refractivity contribution in [3.63, 3.8) is 0 Å². The van der Waals surface area contributed by atoms with E-state index in [-0.39, 0.29) is 5.91 Å². The zero-order valence-electron chi connectivity index (χ0n) is 14.6. The Kier molecular flexibility index (Phi) is 6.80. The summed E-state index contributed by atoms with van der Waals surface area (Å²) in [4.78, 5) is 12.1. The number of hydrogen-bond donors (Lipinski definition) is 1. The van der Waals surface area contributed by atoms with Crippen molar-refractivity contribution in [1.29, 1.82) is 0 Å². The first-order valence-electron chi connectivity index (χ1n) is 8.83. The van der Waals surface area contributed by atoms with E-state index in [1.807, 2.05) is 0 Å². The summed E-state index contributed by atoms with van der Waals surface area (Å²) in [5.41, 5.74) is 0.641. The lowest BCUT2D eigenvalue weighted by molar-refractivity contribution is -0.116. The zero-order chi connectivity index (χ0) is 17.6. The molecule has 0 aromatic heterocycles. The minimum absolute atomic E-state index is 0.0242. The van der Waals surface area contributed by atoms with Crippen LogP contribution < -0.4 is 5.32 Å². The summed E-state index contributed by atoms with van der Waals surface area (Å²) < 4.78 is 26.9. The number of unbranched alkanes of at least 4 members (excludes halogenated alkanes) is 2. The molecule has 1 aromatic rings. The van der Waals surface area contributed by atoms with Crippen molar-refractivity contribution in [3.8, 4) is 0 Å². The average Bonchev–Trinajstić information content (AvgIpc) is 2.55. The molecule has 134 valence electrons. The van der Waals surface area contributed by atoms with E-state index in [0.29, 0.717) is 36.0 Å². The normalized spacial score (nSPS) is 19.2. The van der Waals surface area contributed by atoms with Gasteiger partial charge in [0.15, 0.2) is 0 Å². The van der Waals surface area contributed by atoms with Crippen molar-refractivity contribution in [3.05, 3.63) is 24.3 Å². The molecule has 1 atom stereocenters. The first-order valence-corrected chi connectivity index (χ1v) is 10.3. The predicted octanol–water partition coefficient (Wildman–Crippen LogP) is 3.63. The third kappa shape index (κ3) is 5.05. The number of sulfonamides is 1. The van der Waals surface area contributed by atoms with Crippen LogP contribution in [-0.2, 0) is 14.8 Å². The van der Waals surface area contributed by atoms with Crippen LogP contribution >= 0.6 is 0 Å². The minimum atomic E-state index is -3.44. The first-order chi connectivity index (χ1) is 11.4. The lowest BCUT2D eigenvalue weighted by atomic mass is 10.0. The van der Waals surface area contributed by atoms with Gasteiger partial charge in [0.05, 0.1) is 4.90 Å². The Hall–Kier alpha value is -1.40. The standard InChI is InChI=1S/C18H28N2O3S/c1-3-4-5-8-18(21)19-16-9-11-17(12-10-16)24(22,23)20-13-6-7-15(2)14-20/h9-12,15H,3-8,13-14H2,1-2H3,(H,19,21). The fourth-order valence-corrected chi connectivity index (χ4v) is 4.58. The maximum atomic E-state index is 12.7. The van der Waals surface area contributed by atoms with Crippen molar-refractivity contribution in [2.24, 2.45) is 5.92 Å². The van der Waals surface area contributed by atoms with Crippen LogP contribution in [0, 0.1) is 5.92 Å². The maximum Gasteiger partial charge on any atom is 0.243 e. The van der Waals surface area contributed by atoms with Gasteiger partial charge in [0, 0.05) is 25.2 Å². The number of piperidine rings is 1. The highest BCUT2D eigenvalue weighted by Crippen LogP contribution is 2.24. The average molecular weight is 353 g/mol. The van der Waals surface area contributed by atoms with Crippen molar-refractivity contribution < 1.29 is 13.2 Å². The molecule has 0 aliphatic carbocycles. The third-order valence-corrected chi connectivity index (χ3v) is 6.28. The van der Waals surface area contributed by atoms with Crippen LogP contribution in [0.1, 0.15) is 52.4 Å². The van der Waals surface area contributed by atoms with Crippen LogP contribution in [0.3, 0.4) is 0 Å². The maximum absolute atomic E-state index is 12.7. The Morgan fingerprint density at radius 3 is 2.58 bits per heavy atom. The van der Waals surface area contributed by atoms with E-state index in [1.54, 1.807) is 28.6 Å². The molecule has 1 fully saturated rings. The molecule has 1 unspecified atom stereocenters. The van der Waals surface area contributed by atoms with Gasteiger partial charge >= 0.3 is 0 Å². The van der Waals surface area contributed by atoms with Gasteiger partial charge in [0.25, 0.3) is 0 Å². The van der Waals surface area contributed by atoms with Crippen molar-refractivity contribution in [2.45, 2.75) is 57.3 Å². The summed E-state index contributed by atoms with van der Waals surface area (Å²) in [5.74, 6) is 0.374. The van der Waals surface area contributed by atoms with Gasteiger partial charge in [-0.2, -0.15) is 4.31 Å². The Balaban J connectivity index is 1.99. The summed E-state index contributed by atoms with van der Waals surface area (Å²) in [6.07, 6.45) is 5.48. The minimum Gasteiger partial charge on any atom is -0.326 e. The van der Waals surface area contributed by atoms with Crippen LogP contribution in [-0.4, -0.2) is 31.7 Å². The third-order valence-electron chi connectivity index (χ3n) is 4.40. The molecule has 1 aliphatic rings. The van der Waals surface area contributed by atoms with Crippen molar-refractivity contribution in [1.82, 2.24) is 4.31 Å². The number of amides is 1. The molecule has 1 amide bonds. The van der Waals surface area contributed by atoms with E-state index in [9.17, 15) is 13.2 Å². The van der Waals surface area contributed by atoms with E-state index in [0.717, 1.165) is 32.1 Å². The Bertz CT molecular complexity index is 641. The van der Waals surface area contributed by atoms with Crippen LogP contribution in [0.2, 0.25) is 0 Å². The number of benzene rings is 1. The number of rotatable bonds is 7. The van der Waals surface area contributed by atoms with Crippen molar-refractivity contribution >= 4 is 21.6 Å². The summed E-state index contributed by atoms with van der Waals surface area (Å²) >= 11 is 0. The number of anilines is 1. The molecule has 1 saturated heterocycles. The molecule has 0 spiro atoms. The van der Waals surface area contributed by atoms with E-state index in [2.05, 4.69) is 19.2 Å². The van der Waals surface area contributed by atoms with Crippen molar-refractivity contribution in [2.75, 3.05) is 18.4 Å². The molecule has 1 N–H and O–H groups in total. The number of hydrogen-bond acceptors (Lipinski definition) is 3. The zero-order valence-corrected chi connectivity index (χ0v) is 15.4. The highest BCUT2D eigenvalue weighted by Gasteiger charge is 2.28. The molecular formula is C18H28N2O3S. The molecule has 0 saturated carbocycles. The molecule has 5 nitrogen and oxygen atoms in total. The van der Waals surface area contributed by atoms with Gasteiger partial charge < -0.3 is 5.32 Å². The molecule has 2 rings (SSSR count). The quantitative estimate of drug-likeness (QED) is 0.762. The lowest BCUT2D eigenvalue weighted by Crippen LogP contribution is -2.39. The molecule has 0 radical (unpaired) electrons. The molecule has 1 aliphatic heterocycles. The topological polar surface area (TPSA) is 66.5 Å². The summed E-state index contributed by atoms with van der Waals surface area (Å²) in [7, 11) is -3.44. The first kappa shape index (κ1) is 18.9. The van der Waals surface area contributed by atoms with Gasteiger partial charge in [-0.05, 0) is 49.4 Å². The Morgan fingerprint density at radius 1 is 1.25 bits per heavy atom. The summed E-state index contributed by atoms with van der Waals surface area (Å²) in [5, 5.41) is 2.82. The predicted molar refractivity (Wildman–Crippen MR) is 96.4 cm³/mol. The summed E-state index contributed by atoms with van der Waals surface area (Å²) in [6, 6.07) is 6.49. The van der Waals surface area contributed by atoms with Gasteiger partial charge in [-0.1, -0.05) is 26.7 Å². The van der Waals surface area contributed by atoms with Gasteiger partial charge in [0.1, 0.15) is 0 Å². The fourth-order valence-electron chi connectivity index (χ4n) is 2.98. The SMILES string of the molecule is CCCCCC(=O)Nc1ccc(S(=O)(=O)N2CCCC(C)C2)cc1. The number of nitrogens with one attached hydrogen (secondary N) is 1. The second-order valence-corrected chi connectivity index (χ2v) is 8.58. The van der Waals surface area contributed by atoms with Gasteiger partial charge in [-0.15, -0.1) is 0 Å². The van der Waals surface area contributed by atoms with E-state index in [4.69, 9.17) is 0 Å². The molecule has 1 heterocycles. The van der Waals surface area contributed by atoms with Gasteiger partial charge in [-0.3, -0.25) is 4.79 Å². The smallest absolute Gasteiger partial charge is 0.243 e.